The highest BCUT2D eigenvalue weighted by Gasteiger charge is 2.47. The van der Waals surface area contributed by atoms with E-state index in [-0.39, 0.29) is 12.0 Å². The van der Waals surface area contributed by atoms with Crippen molar-refractivity contribution in [1.82, 2.24) is 0 Å². The Morgan fingerprint density at radius 3 is 2.40 bits per heavy atom. The molecule has 2 aliphatic rings. The van der Waals surface area contributed by atoms with E-state index in [1.165, 1.54) is 7.11 Å². The molecule has 0 spiro atoms. The minimum atomic E-state index is -1.62. The van der Waals surface area contributed by atoms with E-state index in [2.05, 4.69) is 0 Å². The Morgan fingerprint density at radius 2 is 1.84 bits per heavy atom. The second-order valence-electron chi connectivity index (χ2n) is 6.04. The minimum absolute atomic E-state index is 0.0528. The van der Waals surface area contributed by atoms with Crippen LogP contribution in [0.4, 0.5) is 0 Å². The molecular weight excluding hydrogens is 338 g/mol. The van der Waals surface area contributed by atoms with Crippen LogP contribution in [-0.2, 0) is 14.2 Å². The normalized spacial score (nSPS) is 46.8. The zero-order valence-corrected chi connectivity index (χ0v) is 13.5. The highest BCUT2D eigenvalue weighted by molar-refractivity contribution is 5.26. The summed E-state index contributed by atoms with van der Waals surface area (Å²) in [6, 6.07) is 1.75. The molecule has 1 aliphatic carbocycles. The van der Waals surface area contributed by atoms with E-state index in [0.29, 0.717) is 0 Å². The lowest BCUT2D eigenvalue weighted by Crippen LogP contribution is -2.60. The zero-order chi connectivity index (χ0) is 18.7. The third kappa shape index (κ3) is 4.01. The van der Waals surface area contributed by atoms with Crippen LogP contribution >= 0.6 is 0 Å². The summed E-state index contributed by atoms with van der Waals surface area (Å²) < 4.78 is 15.9. The topological polar surface area (TPSA) is 173 Å². The molecule has 0 unspecified atom stereocenters. The average Bonchev–Trinajstić information content (AvgIpc) is 2.61. The van der Waals surface area contributed by atoms with Crippen LogP contribution in [0.5, 0.6) is 0 Å². The largest absolute Gasteiger partial charge is 0.394 e. The molecule has 142 valence electrons. The van der Waals surface area contributed by atoms with Crippen LogP contribution in [0, 0.1) is 11.3 Å². The Balaban J connectivity index is 2.20. The van der Waals surface area contributed by atoms with Crippen LogP contribution in [0.2, 0.25) is 0 Å². The summed E-state index contributed by atoms with van der Waals surface area (Å²) in [5.74, 6) is 0. The summed E-state index contributed by atoms with van der Waals surface area (Å²) in [4.78, 5) is 0. The van der Waals surface area contributed by atoms with Gasteiger partial charge in [0.2, 0.25) is 0 Å². The first-order valence-corrected chi connectivity index (χ1v) is 7.80. The first kappa shape index (κ1) is 20.2. The maximum atomic E-state index is 10.2. The van der Waals surface area contributed by atoms with E-state index in [0.717, 1.165) is 6.08 Å². The number of allylic oxidation sites excluding steroid dienone is 1. The molecule has 0 amide bonds. The molecule has 10 nitrogen and oxygen atoms in total. The molecule has 2 fully saturated rings. The molecule has 0 bridgehead atoms. The average molecular weight is 361 g/mol. The number of aliphatic hydroxyl groups is 6. The maximum Gasteiger partial charge on any atom is 0.187 e. The summed E-state index contributed by atoms with van der Waals surface area (Å²) in [6.45, 7) is -0.613. The van der Waals surface area contributed by atoms with Crippen molar-refractivity contribution in [3.8, 4) is 6.07 Å². The van der Waals surface area contributed by atoms with Gasteiger partial charge in [-0.1, -0.05) is 0 Å². The predicted molar refractivity (Wildman–Crippen MR) is 79.8 cm³/mol. The van der Waals surface area contributed by atoms with E-state index < -0.39 is 61.7 Å². The quantitative estimate of drug-likeness (QED) is 0.279. The summed E-state index contributed by atoms with van der Waals surface area (Å²) in [6.07, 6.45) is -10.7. The molecule has 0 radical (unpaired) electrons. The van der Waals surface area contributed by atoms with Crippen LogP contribution in [0.1, 0.15) is 6.42 Å². The van der Waals surface area contributed by atoms with Crippen molar-refractivity contribution >= 4 is 0 Å². The first-order valence-electron chi connectivity index (χ1n) is 7.80. The fourth-order valence-electron chi connectivity index (χ4n) is 3.04. The van der Waals surface area contributed by atoms with E-state index in [1.807, 2.05) is 0 Å². The Kier molecular flexibility index (Phi) is 6.86. The third-order valence-corrected chi connectivity index (χ3v) is 4.54. The van der Waals surface area contributed by atoms with Crippen LogP contribution < -0.4 is 0 Å². The van der Waals surface area contributed by atoms with Crippen molar-refractivity contribution < 1.29 is 44.8 Å². The van der Waals surface area contributed by atoms with Gasteiger partial charge in [0, 0.05) is 25.2 Å². The number of ether oxygens (including phenoxy) is 3. The fourth-order valence-corrected chi connectivity index (χ4v) is 3.04. The summed E-state index contributed by atoms with van der Waals surface area (Å²) in [5.41, 5.74) is 0.0697. The number of nitriles is 1. The Morgan fingerprint density at radius 1 is 1.16 bits per heavy atom. The highest BCUT2D eigenvalue weighted by Crippen LogP contribution is 2.32. The fraction of sp³-hybridized carbons (Fsp3) is 0.800. The van der Waals surface area contributed by atoms with Crippen LogP contribution in [0.25, 0.3) is 0 Å². The van der Waals surface area contributed by atoms with Gasteiger partial charge >= 0.3 is 0 Å². The lowest BCUT2D eigenvalue weighted by Gasteiger charge is -2.43. The number of hydrogen-bond acceptors (Lipinski definition) is 10. The van der Waals surface area contributed by atoms with Gasteiger partial charge in [-0.05, 0) is 0 Å². The zero-order valence-electron chi connectivity index (χ0n) is 13.5. The Hall–Kier alpha value is -1.13. The number of aliphatic hydroxyl groups excluding tert-OH is 6. The molecule has 0 aromatic rings. The molecule has 1 saturated heterocycles. The van der Waals surface area contributed by atoms with Crippen LogP contribution in [-0.4, -0.2) is 99.5 Å². The second-order valence-corrected chi connectivity index (χ2v) is 6.04. The first-order chi connectivity index (χ1) is 11.8. The molecular formula is C15H23NO9. The van der Waals surface area contributed by atoms with Crippen molar-refractivity contribution in [1.29, 1.82) is 5.26 Å². The summed E-state index contributed by atoms with van der Waals surface area (Å²) in [5, 5.41) is 67.9. The molecule has 9 atom stereocenters. The highest BCUT2D eigenvalue weighted by atomic mass is 16.7. The molecule has 10 heteroatoms. The lowest BCUT2D eigenvalue weighted by atomic mass is 9.84. The maximum absolute atomic E-state index is 10.2. The molecule has 2 rings (SSSR count). The van der Waals surface area contributed by atoms with Gasteiger partial charge in [0.25, 0.3) is 0 Å². The van der Waals surface area contributed by atoms with Gasteiger partial charge in [-0.15, -0.1) is 0 Å². The van der Waals surface area contributed by atoms with Crippen molar-refractivity contribution in [2.24, 2.45) is 0 Å². The lowest BCUT2D eigenvalue weighted by molar-refractivity contribution is -0.312. The smallest absolute Gasteiger partial charge is 0.187 e. The van der Waals surface area contributed by atoms with Crippen molar-refractivity contribution in [3.05, 3.63) is 11.6 Å². The standard InChI is InChI=1S/C15H23NO9/c1-23-8-4-7(6(2-3-16)10(18)11(8)19)24-15-14(22)13(21)12(20)9(5-17)25-15/h2,7-15,17-22H,4-5H2,1H3/b6-2+/t7-,8+,9-,10+,11+,12-,13+,14-,15-/m1/s1. The van der Waals surface area contributed by atoms with E-state index >= 15 is 0 Å². The van der Waals surface area contributed by atoms with Gasteiger partial charge in [-0.2, -0.15) is 5.26 Å². The molecule has 6 N–H and O–H groups in total. The molecule has 1 heterocycles. The second kappa shape index (κ2) is 8.50. The predicted octanol–water partition coefficient (Wildman–Crippen LogP) is -3.24. The van der Waals surface area contributed by atoms with Gasteiger partial charge in [0.05, 0.1) is 24.9 Å². The van der Waals surface area contributed by atoms with Gasteiger partial charge in [0.1, 0.15) is 36.6 Å². The summed E-state index contributed by atoms with van der Waals surface area (Å²) in [7, 11) is 1.34. The van der Waals surface area contributed by atoms with E-state index in [1.54, 1.807) is 6.07 Å². The van der Waals surface area contributed by atoms with Crippen molar-refractivity contribution in [2.75, 3.05) is 13.7 Å². The molecule has 1 aliphatic heterocycles. The minimum Gasteiger partial charge on any atom is -0.394 e. The number of methoxy groups -OCH3 is 1. The number of hydrogen-bond donors (Lipinski definition) is 6. The summed E-state index contributed by atoms with van der Waals surface area (Å²) >= 11 is 0. The molecule has 25 heavy (non-hydrogen) atoms. The third-order valence-electron chi connectivity index (χ3n) is 4.54. The van der Waals surface area contributed by atoms with Gasteiger partial charge in [-0.25, -0.2) is 0 Å². The van der Waals surface area contributed by atoms with Crippen molar-refractivity contribution in [2.45, 2.75) is 61.5 Å². The van der Waals surface area contributed by atoms with E-state index in [4.69, 9.17) is 19.5 Å². The number of rotatable bonds is 4. The van der Waals surface area contributed by atoms with Crippen LogP contribution in [0.15, 0.2) is 11.6 Å². The molecule has 0 aromatic heterocycles. The number of nitrogens with zero attached hydrogens (tertiary/aromatic N) is 1. The monoisotopic (exact) mass is 361 g/mol. The van der Waals surface area contributed by atoms with Crippen LogP contribution in [0.3, 0.4) is 0 Å². The van der Waals surface area contributed by atoms with Gasteiger partial charge < -0.3 is 44.8 Å². The molecule has 1 saturated carbocycles. The Labute approximate surface area is 144 Å². The molecule has 0 aromatic carbocycles. The van der Waals surface area contributed by atoms with E-state index in [9.17, 15) is 30.6 Å². The van der Waals surface area contributed by atoms with Gasteiger partial charge in [0.15, 0.2) is 6.29 Å². The van der Waals surface area contributed by atoms with Crippen molar-refractivity contribution in [3.63, 3.8) is 0 Å². The Bertz CT molecular complexity index is 520. The van der Waals surface area contributed by atoms with Gasteiger partial charge in [-0.3, -0.25) is 0 Å². The SMILES string of the molecule is CO[C@H]1C[C@@H](O[C@@H]2O[C@H](CO)[C@@H](O)[C@H](O)[C@H]2O)/C(=C\C#N)[C@H](O)[C@H]1O.